The van der Waals surface area contributed by atoms with Crippen molar-refractivity contribution in [3.05, 3.63) is 53.6 Å². The largest absolute Gasteiger partial charge is 0.326 e. The first-order valence-electron chi connectivity index (χ1n) is 8.87. The fraction of sp³-hybridized carbons (Fsp3) is 0.500. The summed E-state index contributed by atoms with van der Waals surface area (Å²) in [5.41, 5.74) is 7.96. The van der Waals surface area contributed by atoms with E-state index in [9.17, 15) is 12.8 Å². The standard InChI is InChI=1S/C18H23FN4O2S/c19-17-4-2-1-3-15(17)16-10-22(11-18(16)20)8-13-7-21-23(9-13)14-5-6-26(24,25)12-14/h1-4,7,9,14,16,18H,5-6,8,10-12,20H2/t14?,16-,18+/m0/s1. The monoisotopic (exact) mass is 378 g/mol. The number of aromatic nitrogens is 2. The van der Waals surface area contributed by atoms with Gasteiger partial charge in [0, 0.05) is 43.4 Å². The van der Waals surface area contributed by atoms with Crippen LogP contribution in [0.2, 0.25) is 0 Å². The van der Waals surface area contributed by atoms with Crippen molar-refractivity contribution in [2.45, 2.75) is 31.0 Å². The second kappa shape index (κ2) is 6.75. The molecule has 3 heterocycles. The Bertz CT molecular complexity index is 898. The first-order valence-corrected chi connectivity index (χ1v) is 10.7. The van der Waals surface area contributed by atoms with Gasteiger partial charge in [-0.15, -0.1) is 0 Å². The lowest BCUT2D eigenvalue weighted by Crippen LogP contribution is -2.29. The third kappa shape index (κ3) is 3.54. The maximum atomic E-state index is 14.1. The number of hydrogen-bond acceptors (Lipinski definition) is 5. The highest BCUT2D eigenvalue weighted by Gasteiger charge is 2.33. The molecule has 26 heavy (non-hydrogen) atoms. The van der Waals surface area contributed by atoms with Crippen LogP contribution < -0.4 is 5.73 Å². The Labute approximate surface area is 152 Å². The molecule has 2 saturated heterocycles. The predicted molar refractivity (Wildman–Crippen MR) is 96.9 cm³/mol. The molecule has 0 radical (unpaired) electrons. The SMILES string of the molecule is N[C@@H]1CN(Cc2cnn(C3CCS(=O)(=O)C3)c2)C[C@H]1c1ccccc1F. The smallest absolute Gasteiger partial charge is 0.152 e. The maximum Gasteiger partial charge on any atom is 0.152 e. The van der Waals surface area contributed by atoms with E-state index < -0.39 is 9.84 Å². The van der Waals surface area contributed by atoms with E-state index >= 15 is 0 Å². The molecule has 4 rings (SSSR count). The summed E-state index contributed by atoms with van der Waals surface area (Å²) in [5, 5.41) is 4.35. The lowest BCUT2D eigenvalue weighted by atomic mass is 9.94. The van der Waals surface area contributed by atoms with Crippen LogP contribution in [-0.4, -0.2) is 53.7 Å². The van der Waals surface area contributed by atoms with Crippen LogP contribution in [0.15, 0.2) is 36.7 Å². The molecular formula is C18H23FN4O2S. The predicted octanol–water partition coefficient (Wildman–Crippen LogP) is 1.31. The Balaban J connectivity index is 1.42. The molecule has 2 fully saturated rings. The summed E-state index contributed by atoms with van der Waals surface area (Å²) in [7, 11) is -2.93. The summed E-state index contributed by atoms with van der Waals surface area (Å²) < 4.78 is 39.1. The molecule has 0 spiro atoms. The molecule has 0 aliphatic carbocycles. The third-order valence-electron chi connectivity index (χ3n) is 5.39. The van der Waals surface area contributed by atoms with Gasteiger partial charge in [0.25, 0.3) is 0 Å². The molecule has 2 aromatic rings. The Morgan fingerprint density at radius 1 is 1.27 bits per heavy atom. The van der Waals surface area contributed by atoms with Gasteiger partial charge in [0.1, 0.15) is 5.82 Å². The molecular weight excluding hydrogens is 355 g/mol. The van der Waals surface area contributed by atoms with Gasteiger partial charge >= 0.3 is 0 Å². The number of likely N-dealkylation sites (tertiary alicyclic amines) is 1. The van der Waals surface area contributed by atoms with Crippen LogP contribution in [0.4, 0.5) is 4.39 Å². The average Bonchev–Trinajstić information content (AvgIpc) is 3.28. The van der Waals surface area contributed by atoms with Gasteiger partial charge in [-0.25, -0.2) is 12.8 Å². The summed E-state index contributed by atoms with van der Waals surface area (Å²) in [6, 6.07) is 6.64. The van der Waals surface area contributed by atoms with Crippen LogP contribution in [0.25, 0.3) is 0 Å². The van der Waals surface area contributed by atoms with Crippen LogP contribution in [-0.2, 0) is 16.4 Å². The summed E-state index contributed by atoms with van der Waals surface area (Å²) in [4.78, 5) is 2.20. The van der Waals surface area contributed by atoms with Crippen molar-refractivity contribution in [2.24, 2.45) is 5.73 Å². The van der Waals surface area contributed by atoms with Gasteiger partial charge in [0.05, 0.1) is 23.7 Å². The van der Waals surface area contributed by atoms with E-state index in [1.54, 1.807) is 16.9 Å². The van der Waals surface area contributed by atoms with Gasteiger partial charge in [0.15, 0.2) is 9.84 Å². The van der Waals surface area contributed by atoms with Crippen LogP contribution in [0.1, 0.15) is 29.5 Å². The highest BCUT2D eigenvalue weighted by molar-refractivity contribution is 7.91. The van der Waals surface area contributed by atoms with Crippen LogP contribution in [0.5, 0.6) is 0 Å². The molecule has 0 amide bonds. The van der Waals surface area contributed by atoms with Gasteiger partial charge in [-0.05, 0) is 18.1 Å². The van der Waals surface area contributed by atoms with Crippen molar-refractivity contribution in [1.82, 2.24) is 14.7 Å². The fourth-order valence-corrected chi connectivity index (χ4v) is 5.75. The number of nitrogens with two attached hydrogens (primary N) is 1. The van der Waals surface area contributed by atoms with E-state index in [1.807, 2.05) is 18.3 Å². The fourth-order valence-electron chi connectivity index (χ4n) is 4.05. The van der Waals surface area contributed by atoms with Crippen LogP contribution in [0.3, 0.4) is 0 Å². The highest BCUT2D eigenvalue weighted by Crippen LogP contribution is 2.29. The Morgan fingerprint density at radius 3 is 2.81 bits per heavy atom. The van der Waals surface area contributed by atoms with Gasteiger partial charge in [-0.2, -0.15) is 5.10 Å². The maximum absolute atomic E-state index is 14.1. The minimum absolute atomic E-state index is 0.0220. The number of halogens is 1. The zero-order valence-corrected chi connectivity index (χ0v) is 15.3. The molecule has 1 aromatic carbocycles. The molecule has 6 nitrogen and oxygen atoms in total. The zero-order valence-electron chi connectivity index (χ0n) is 14.5. The Morgan fingerprint density at radius 2 is 2.08 bits per heavy atom. The number of sulfone groups is 1. The molecule has 1 unspecified atom stereocenters. The van der Waals surface area contributed by atoms with Crippen molar-refractivity contribution >= 4 is 9.84 Å². The van der Waals surface area contributed by atoms with Crippen LogP contribution >= 0.6 is 0 Å². The van der Waals surface area contributed by atoms with E-state index in [-0.39, 0.29) is 35.3 Å². The molecule has 2 aliphatic rings. The minimum atomic E-state index is -2.93. The molecule has 8 heteroatoms. The first kappa shape index (κ1) is 17.6. The molecule has 0 saturated carbocycles. The molecule has 2 aliphatic heterocycles. The van der Waals surface area contributed by atoms with Crippen molar-refractivity contribution in [3.63, 3.8) is 0 Å². The molecule has 2 N–H and O–H groups in total. The van der Waals surface area contributed by atoms with Crippen LogP contribution in [0, 0.1) is 5.82 Å². The van der Waals surface area contributed by atoms with Crippen molar-refractivity contribution < 1.29 is 12.8 Å². The number of rotatable bonds is 4. The quantitative estimate of drug-likeness (QED) is 0.868. The van der Waals surface area contributed by atoms with E-state index in [2.05, 4.69) is 10.00 Å². The number of hydrogen-bond donors (Lipinski definition) is 1. The second-order valence-electron chi connectivity index (χ2n) is 7.37. The third-order valence-corrected chi connectivity index (χ3v) is 7.14. The molecule has 3 atom stereocenters. The highest BCUT2D eigenvalue weighted by atomic mass is 32.2. The van der Waals surface area contributed by atoms with E-state index in [0.717, 1.165) is 5.56 Å². The summed E-state index contributed by atoms with van der Waals surface area (Å²) in [5.74, 6) is 0.173. The van der Waals surface area contributed by atoms with E-state index in [4.69, 9.17) is 5.73 Å². The first-order chi connectivity index (χ1) is 12.4. The molecule has 1 aromatic heterocycles. The molecule has 140 valence electrons. The Kier molecular flexibility index (Phi) is 4.58. The van der Waals surface area contributed by atoms with Crippen molar-refractivity contribution in [3.8, 4) is 0 Å². The summed E-state index contributed by atoms with van der Waals surface area (Å²) >= 11 is 0. The average molecular weight is 378 g/mol. The topological polar surface area (TPSA) is 81.2 Å². The zero-order chi connectivity index (χ0) is 18.3. The van der Waals surface area contributed by atoms with Gasteiger partial charge < -0.3 is 5.73 Å². The lowest BCUT2D eigenvalue weighted by molar-refractivity contribution is 0.323. The van der Waals surface area contributed by atoms with Crippen molar-refractivity contribution in [2.75, 3.05) is 24.6 Å². The van der Waals surface area contributed by atoms with E-state index in [1.165, 1.54) is 6.07 Å². The normalized spacial score (nSPS) is 28.6. The van der Waals surface area contributed by atoms with Gasteiger partial charge in [-0.3, -0.25) is 9.58 Å². The summed E-state index contributed by atoms with van der Waals surface area (Å²) in [6.45, 7) is 2.07. The lowest BCUT2D eigenvalue weighted by Gasteiger charge is -2.16. The van der Waals surface area contributed by atoms with Gasteiger partial charge in [0.2, 0.25) is 0 Å². The number of nitrogens with zero attached hydrogens (tertiary/aromatic N) is 3. The second-order valence-corrected chi connectivity index (χ2v) is 9.60. The minimum Gasteiger partial charge on any atom is -0.326 e. The van der Waals surface area contributed by atoms with Gasteiger partial charge in [-0.1, -0.05) is 18.2 Å². The summed E-state index contributed by atoms with van der Waals surface area (Å²) in [6.07, 6.45) is 4.33. The number of benzene rings is 1. The van der Waals surface area contributed by atoms with Crippen molar-refractivity contribution in [1.29, 1.82) is 0 Å². The molecule has 0 bridgehead atoms. The van der Waals surface area contributed by atoms with E-state index in [0.29, 0.717) is 31.6 Å². The Hall–Kier alpha value is -1.77.